The van der Waals surface area contributed by atoms with E-state index >= 15 is 0 Å². The van der Waals surface area contributed by atoms with Crippen LogP contribution in [-0.4, -0.2) is 12.1 Å². The summed E-state index contributed by atoms with van der Waals surface area (Å²) in [6.07, 6.45) is 2.51. The number of hydrogen-bond donors (Lipinski definition) is 1. The minimum Gasteiger partial charge on any atom is -0.496 e. The predicted octanol–water partition coefficient (Wildman–Crippen LogP) is 4.47. The van der Waals surface area contributed by atoms with Crippen molar-refractivity contribution in [3.63, 3.8) is 0 Å². The van der Waals surface area contributed by atoms with Gasteiger partial charge in [0.05, 0.1) is 7.11 Å². The fourth-order valence-corrected chi connectivity index (χ4v) is 3.74. The van der Waals surface area contributed by atoms with Crippen molar-refractivity contribution in [3.05, 3.63) is 55.7 Å². The smallest absolute Gasteiger partial charge is 0.128 e. The van der Waals surface area contributed by atoms with Crippen molar-refractivity contribution in [1.29, 1.82) is 0 Å². The Labute approximate surface area is 142 Å². The molecule has 5 heteroatoms. The van der Waals surface area contributed by atoms with Crippen LogP contribution in [-0.2, 0) is 6.42 Å². The van der Waals surface area contributed by atoms with E-state index in [2.05, 4.69) is 36.8 Å². The standard InChI is InChI=1S/C16H18Br2N2O/c1-9-8-20-15(10(2)16(9)21-3)7-14(19)12-5-4-11(17)6-13(12)18/h4-6,8,14H,7,19H2,1-3H3. The molecule has 0 spiro atoms. The Morgan fingerprint density at radius 3 is 2.62 bits per heavy atom. The lowest BCUT2D eigenvalue weighted by Gasteiger charge is -2.17. The Hall–Kier alpha value is -0.910. The maximum absolute atomic E-state index is 6.35. The minimum atomic E-state index is -0.119. The van der Waals surface area contributed by atoms with Crippen LogP contribution in [0.5, 0.6) is 5.75 Å². The third-order valence-corrected chi connectivity index (χ3v) is 4.71. The number of rotatable bonds is 4. The summed E-state index contributed by atoms with van der Waals surface area (Å²) in [7, 11) is 1.68. The zero-order chi connectivity index (χ0) is 15.6. The quantitative estimate of drug-likeness (QED) is 0.803. The molecule has 2 N–H and O–H groups in total. The molecule has 0 bridgehead atoms. The first-order valence-electron chi connectivity index (χ1n) is 6.63. The summed E-state index contributed by atoms with van der Waals surface area (Å²) in [5.74, 6) is 0.891. The number of hydrogen-bond acceptors (Lipinski definition) is 3. The molecule has 1 atom stereocenters. The van der Waals surface area contributed by atoms with E-state index in [1.165, 1.54) is 0 Å². The number of nitrogens with two attached hydrogens (primary N) is 1. The van der Waals surface area contributed by atoms with Crippen molar-refractivity contribution in [1.82, 2.24) is 4.98 Å². The molecule has 0 aliphatic rings. The van der Waals surface area contributed by atoms with Crippen molar-refractivity contribution < 1.29 is 4.74 Å². The second-order valence-electron chi connectivity index (χ2n) is 5.02. The van der Waals surface area contributed by atoms with Crippen molar-refractivity contribution in [2.45, 2.75) is 26.3 Å². The largest absolute Gasteiger partial charge is 0.496 e. The molecule has 2 aromatic rings. The summed E-state index contributed by atoms with van der Waals surface area (Å²) < 4.78 is 7.47. The van der Waals surface area contributed by atoms with Crippen LogP contribution < -0.4 is 10.5 Å². The zero-order valence-electron chi connectivity index (χ0n) is 12.3. The maximum Gasteiger partial charge on any atom is 0.128 e. The van der Waals surface area contributed by atoms with E-state index in [4.69, 9.17) is 10.5 Å². The SMILES string of the molecule is COc1c(C)cnc(CC(N)c2ccc(Br)cc2Br)c1C. The molecule has 0 amide bonds. The van der Waals surface area contributed by atoms with Gasteiger partial charge in [-0.3, -0.25) is 4.98 Å². The van der Waals surface area contributed by atoms with E-state index < -0.39 is 0 Å². The van der Waals surface area contributed by atoms with Gasteiger partial charge in [0.2, 0.25) is 0 Å². The molecular weight excluding hydrogens is 396 g/mol. The molecule has 1 aromatic heterocycles. The van der Waals surface area contributed by atoms with Crippen LogP contribution >= 0.6 is 31.9 Å². The van der Waals surface area contributed by atoms with E-state index in [9.17, 15) is 0 Å². The summed E-state index contributed by atoms with van der Waals surface area (Å²) in [5.41, 5.74) is 10.5. The molecule has 0 aliphatic heterocycles. The van der Waals surface area contributed by atoms with Gasteiger partial charge in [0, 0.05) is 44.4 Å². The second-order valence-corrected chi connectivity index (χ2v) is 6.79. The highest BCUT2D eigenvalue weighted by Gasteiger charge is 2.16. The van der Waals surface area contributed by atoms with Crippen molar-refractivity contribution in [3.8, 4) is 5.75 Å². The minimum absolute atomic E-state index is 0.119. The Balaban J connectivity index is 2.29. The number of aryl methyl sites for hydroxylation is 1. The van der Waals surface area contributed by atoms with Crippen LogP contribution in [0.4, 0.5) is 0 Å². The number of aromatic nitrogens is 1. The fourth-order valence-electron chi connectivity index (χ4n) is 2.40. The summed E-state index contributed by atoms with van der Waals surface area (Å²) >= 11 is 7.02. The summed E-state index contributed by atoms with van der Waals surface area (Å²) in [4.78, 5) is 4.51. The first-order chi connectivity index (χ1) is 9.93. The molecule has 112 valence electrons. The van der Waals surface area contributed by atoms with Gasteiger partial charge in [0.25, 0.3) is 0 Å². The van der Waals surface area contributed by atoms with E-state index in [-0.39, 0.29) is 6.04 Å². The van der Waals surface area contributed by atoms with Crippen molar-refractivity contribution in [2.24, 2.45) is 5.73 Å². The van der Waals surface area contributed by atoms with Gasteiger partial charge in [-0.15, -0.1) is 0 Å². The molecular formula is C16H18Br2N2O. The van der Waals surface area contributed by atoms with Crippen LogP contribution in [0, 0.1) is 13.8 Å². The number of methoxy groups -OCH3 is 1. The molecule has 2 rings (SSSR count). The van der Waals surface area contributed by atoms with Crippen LogP contribution in [0.3, 0.4) is 0 Å². The average Bonchev–Trinajstić information content (AvgIpc) is 2.42. The lowest BCUT2D eigenvalue weighted by molar-refractivity contribution is 0.406. The molecule has 0 saturated heterocycles. The highest BCUT2D eigenvalue weighted by molar-refractivity contribution is 9.11. The molecule has 1 heterocycles. The molecule has 3 nitrogen and oxygen atoms in total. The average molecular weight is 414 g/mol. The normalized spacial score (nSPS) is 12.3. The van der Waals surface area contributed by atoms with Gasteiger partial charge in [-0.2, -0.15) is 0 Å². The Morgan fingerprint density at radius 1 is 1.29 bits per heavy atom. The Morgan fingerprint density at radius 2 is 2.00 bits per heavy atom. The number of ether oxygens (including phenoxy) is 1. The van der Waals surface area contributed by atoms with Gasteiger partial charge >= 0.3 is 0 Å². The number of nitrogens with zero attached hydrogens (tertiary/aromatic N) is 1. The second kappa shape index (κ2) is 6.90. The van der Waals surface area contributed by atoms with Crippen molar-refractivity contribution >= 4 is 31.9 Å². The lowest BCUT2D eigenvalue weighted by atomic mass is 9.99. The van der Waals surface area contributed by atoms with Crippen LogP contribution in [0.15, 0.2) is 33.3 Å². The number of pyridine rings is 1. The molecule has 21 heavy (non-hydrogen) atoms. The van der Waals surface area contributed by atoms with Gasteiger partial charge < -0.3 is 10.5 Å². The van der Waals surface area contributed by atoms with E-state index in [1.807, 2.05) is 38.2 Å². The molecule has 0 aliphatic carbocycles. The van der Waals surface area contributed by atoms with Gasteiger partial charge in [0.1, 0.15) is 5.75 Å². The number of benzene rings is 1. The maximum atomic E-state index is 6.35. The van der Waals surface area contributed by atoms with Gasteiger partial charge in [-0.1, -0.05) is 37.9 Å². The third kappa shape index (κ3) is 3.65. The third-order valence-electron chi connectivity index (χ3n) is 3.53. The number of halogens is 2. The molecule has 0 saturated carbocycles. The van der Waals surface area contributed by atoms with Gasteiger partial charge in [0.15, 0.2) is 0 Å². The summed E-state index contributed by atoms with van der Waals surface area (Å²) in [6, 6.07) is 5.91. The molecule has 1 aromatic carbocycles. The lowest BCUT2D eigenvalue weighted by Crippen LogP contribution is -2.16. The van der Waals surface area contributed by atoms with E-state index in [0.29, 0.717) is 6.42 Å². The van der Waals surface area contributed by atoms with Crippen LogP contribution in [0.2, 0.25) is 0 Å². The molecule has 1 unspecified atom stereocenters. The first kappa shape index (κ1) is 16.5. The monoisotopic (exact) mass is 412 g/mol. The first-order valence-corrected chi connectivity index (χ1v) is 8.22. The topological polar surface area (TPSA) is 48.1 Å². The highest BCUT2D eigenvalue weighted by Crippen LogP contribution is 2.30. The summed E-state index contributed by atoms with van der Waals surface area (Å²) in [6.45, 7) is 4.02. The molecule has 0 radical (unpaired) electrons. The van der Waals surface area contributed by atoms with E-state index in [1.54, 1.807) is 7.11 Å². The van der Waals surface area contributed by atoms with Crippen LogP contribution in [0.1, 0.15) is 28.4 Å². The fraction of sp³-hybridized carbons (Fsp3) is 0.312. The highest BCUT2D eigenvalue weighted by atomic mass is 79.9. The predicted molar refractivity (Wildman–Crippen MR) is 92.7 cm³/mol. The Bertz CT molecular complexity index is 659. The van der Waals surface area contributed by atoms with Crippen molar-refractivity contribution in [2.75, 3.05) is 7.11 Å². The van der Waals surface area contributed by atoms with Gasteiger partial charge in [-0.05, 0) is 31.5 Å². The Kier molecular flexibility index (Phi) is 5.41. The van der Waals surface area contributed by atoms with E-state index in [0.717, 1.165) is 37.1 Å². The molecule has 0 fully saturated rings. The summed E-state index contributed by atoms with van der Waals surface area (Å²) in [5, 5.41) is 0. The zero-order valence-corrected chi connectivity index (χ0v) is 15.5. The van der Waals surface area contributed by atoms with Crippen LogP contribution in [0.25, 0.3) is 0 Å². The van der Waals surface area contributed by atoms with Gasteiger partial charge in [-0.25, -0.2) is 0 Å².